The maximum Gasteiger partial charge on any atom is 0.0236 e. The molecular weight excluding hydrogens is 268 g/mol. The van der Waals surface area contributed by atoms with E-state index in [0.29, 0.717) is 0 Å². The Hall–Kier alpha value is -0.860. The van der Waals surface area contributed by atoms with Crippen molar-refractivity contribution < 1.29 is 0 Å². The van der Waals surface area contributed by atoms with E-state index in [4.69, 9.17) is 0 Å². The molecule has 0 atom stereocenters. The fourth-order valence-corrected chi connectivity index (χ4v) is 4.14. The van der Waals surface area contributed by atoms with E-state index in [-0.39, 0.29) is 0 Å². The van der Waals surface area contributed by atoms with E-state index < -0.39 is 0 Å². The molecule has 0 amide bonds. The predicted octanol–water partition coefficient (Wildman–Crippen LogP) is 4.13. The zero-order chi connectivity index (χ0) is 15.2. The topological polar surface area (TPSA) is 15.3 Å². The lowest BCUT2D eigenvalue weighted by Gasteiger charge is -2.38. The molecule has 0 unspecified atom stereocenters. The third-order valence-corrected chi connectivity index (χ3v) is 5.55. The molecule has 22 heavy (non-hydrogen) atoms. The summed E-state index contributed by atoms with van der Waals surface area (Å²) < 4.78 is 0. The molecule has 1 N–H and O–H groups in total. The Balaban J connectivity index is 1.65. The van der Waals surface area contributed by atoms with Gasteiger partial charge in [-0.1, -0.05) is 49.1 Å². The first kappa shape index (κ1) is 16.0. The molecule has 1 aromatic rings. The molecule has 2 nitrogen and oxygen atoms in total. The summed E-state index contributed by atoms with van der Waals surface area (Å²) in [5.41, 5.74) is 2.85. The first-order valence-electron chi connectivity index (χ1n) is 9.31. The van der Waals surface area contributed by atoms with E-state index in [9.17, 15) is 0 Å². The molecule has 1 saturated carbocycles. The molecule has 3 rings (SSSR count). The Bertz CT molecular complexity index is 428. The standard InChI is InChI=1S/C20H32N2/c1-17-7-9-19(10-8-17)16-22(20-11-13-21-14-12-20)15-18-5-3-2-4-6-18/h7-10,18,20-21H,2-6,11-16H2,1H3. The molecule has 2 heteroatoms. The predicted molar refractivity (Wildman–Crippen MR) is 94.1 cm³/mol. The van der Waals surface area contributed by atoms with Gasteiger partial charge in [0, 0.05) is 19.1 Å². The highest BCUT2D eigenvalue weighted by Gasteiger charge is 2.24. The van der Waals surface area contributed by atoms with Crippen molar-refractivity contribution in [1.29, 1.82) is 0 Å². The molecule has 1 aliphatic carbocycles. The maximum atomic E-state index is 3.52. The second-order valence-corrected chi connectivity index (χ2v) is 7.40. The number of piperidine rings is 1. The summed E-state index contributed by atoms with van der Waals surface area (Å²) in [5.74, 6) is 0.939. The van der Waals surface area contributed by atoms with Gasteiger partial charge in [0.15, 0.2) is 0 Å². The van der Waals surface area contributed by atoms with Crippen LogP contribution < -0.4 is 5.32 Å². The van der Waals surface area contributed by atoms with Crippen LogP contribution in [0.3, 0.4) is 0 Å². The highest BCUT2D eigenvalue weighted by Crippen LogP contribution is 2.27. The average molecular weight is 300 g/mol. The van der Waals surface area contributed by atoms with Crippen molar-refractivity contribution in [2.24, 2.45) is 5.92 Å². The molecule has 2 aliphatic rings. The number of benzene rings is 1. The highest BCUT2D eigenvalue weighted by molar-refractivity contribution is 5.21. The molecule has 122 valence electrons. The van der Waals surface area contributed by atoms with Gasteiger partial charge in [-0.15, -0.1) is 0 Å². The molecule has 1 aromatic carbocycles. The van der Waals surface area contributed by atoms with Gasteiger partial charge in [0.25, 0.3) is 0 Å². The van der Waals surface area contributed by atoms with E-state index in [1.807, 2.05) is 0 Å². The van der Waals surface area contributed by atoms with Crippen molar-refractivity contribution in [3.8, 4) is 0 Å². The molecule has 2 fully saturated rings. The first-order chi connectivity index (χ1) is 10.8. The van der Waals surface area contributed by atoms with Crippen molar-refractivity contribution in [3.63, 3.8) is 0 Å². The van der Waals surface area contributed by atoms with Crippen molar-refractivity contribution in [2.45, 2.75) is 64.5 Å². The minimum absolute atomic E-state index is 0.782. The smallest absolute Gasteiger partial charge is 0.0236 e. The number of rotatable bonds is 5. The molecular formula is C20H32N2. The lowest BCUT2D eigenvalue weighted by molar-refractivity contribution is 0.118. The maximum absolute atomic E-state index is 3.52. The molecule has 1 heterocycles. The van der Waals surface area contributed by atoms with Crippen molar-refractivity contribution in [3.05, 3.63) is 35.4 Å². The van der Waals surface area contributed by atoms with Gasteiger partial charge in [0.2, 0.25) is 0 Å². The highest BCUT2D eigenvalue weighted by atomic mass is 15.2. The zero-order valence-corrected chi connectivity index (χ0v) is 14.2. The number of hydrogen-bond acceptors (Lipinski definition) is 2. The Kier molecular flexibility index (Phi) is 5.91. The molecule has 1 aliphatic heterocycles. The summed E-state index contributed by atoms with van der Waals surface area (Å²) in [4.78, 5) is 2.81. The third-order valence-electron chi connectivity index (χ3n) is 5.55. The Morgan fingerprint density at radius 3 is 2.32 bits per heavy atom. The van der Waals surface area contributed by atoms with E-state index in [1.54, 1.807) is 0 Å². The minimum Gasteiger partial charge on any atom is -0.317 e. The van der Waals surface area contributed by atoms with Crippen molar-refractivity contribution in [2.75, 3.05) is 19.6 Å². The van der Waals surface area contributed by atoms with Gasteiger partial charge in [-0.3, -0.25) is 4.90 Å². The fraction of sp³-hybridized carbons (Fsp3) is 0.700. The van der Waals surface area contributed by atoms with Crippen LogP contribution in [0.1, 0.15) is 56.1 Å². The van der Waals surface area contributed by atoms with E-state index in [2.05, 4.69) is 41.4 Å². The Morgan fingerprint density at radius 1 is 0.955 bits per heavy atom. The average Bonchev–Trinajstić information content (AvgIpc) is 2.58. The number of aryl methyl sites for hydroxylation is 1. The fourth-order valence-electron chi connectivity index (χ4n) is 4.14. The van der Waals surface area contributed by atoms with Crippen molar-refractivity contribution >= 4 is 0 Å². The lowest BCUT2D eigenvalue weighted by atomic mass is 9.88. The van der Waals surface area contributed by atoms with E-state index in [1.165, 1.54) is 75.7 Å². The van der Waals surface area contributed by atoms with Crippen LogP contribution >= 0.6 is 0 Å². The second kappa shape index (κ2) is 8.12. The summed E-state index contributed by atoms with van der Waals surface area (Å²) in [6.07, 6.45) is 9.91. The van der Waals surface area contributed by atoms with Gasteiger partial charge in [-0.05, 0) is 57.2 Å². The first-order valence-corrected chi connectivity index (χ1v) is 9.31. The Morgan fingerprint density at radius 2 is 1.64 bits per heavy atom. The summed E-state index contributed by atoms with van der Waals surface area (Å²) in [7, 11) is 0. The van der Waals surface area contributed by atoms with Gasteiger partial charge in [-0.25, -0.2) is 0 Å². The van der Waals surface area contributed by atoms with Crippen LogP contribution in [0.4, 0.5) is 0 Å². The number of nitrogens with one attached hydrogen (secondary N) is 1. The van der Waals surface area contributed by atoms with Gasteiger partial charge in [0.05, 0.1) is 0 Å². The number of nitrogens with zero attached hydrogens (tertiary/aromatic N) is 1. The van der Waals surface area contributed by atoms with Crippen LogP contribution in [-0.2, 0) is 6.54 Å². The van der Waals surface area contributed by atoms with E-state index in [0.717, 1.165) is 18.5 Å². The zero-order valence-electron chi connectivity index (χ0n) is 14.2. The molecule has 0 spiro atoms. The van der Waals surface area contributed by atoms with Crippen LogP contribution in [0, 0.1) is 12.8 Å². The van der Waals surface area contributed by atoms with Crippen LogP contribution in [0.15, 0.2) is 24.3 Å². The Labute approximate surface area is 136 Å². The van der Waals surface area contributed by atoms with Gasteiger partial charge >= 0.3 is 0 Å². The van der Waals surface area contributed by atoms with Gasteiger partial charge in [0.1, 0.15) is 0 Å². The summed E-state index contributed by atoms with van der Waals surface area (Å²) in [6, 6.07) is 9.95. The quantitative estimate of drug-likeness (QED) is 0.879. The van der Waals surface area contributed by atoms with Gasteiger partial charge in [-0.2, -0.15) is 0 Å². The van der Waals surface area contributed by atoms with Crippen LogP contribution in [0.2, 0.25) is 0 Å². The molecule has 0 radical (unpaired) electrons. The van der Waals surface area contributed by atoms with Crippen LogP contribution in [0.25, 0.3) is 0 Å². The summed E-state index contributed by atoms with van der Waals surface area (Å²) >= 11 is 0. The third kappa shape index (κ3) is 4.57. The summed E-state index contributed by atoms with van der Waals surface area (Å²) in [6.45, 7) is 7.02. The van der Waals surface area contributed by atoms with Crippen LogP contribution in [-0.4, -0.2) is 30.6 Å². The van der Waals surface area contributed by atoms with Crippen LogP contribution in [0.5, 0.6) is 0 Å². The second-order valence-electron chi connectivity index (χ2n) is 7.40. The molecule has 0 bridgehead atoms. The monoisotopic (exact) mass is 300 g/mol. The van der Waals surface area contributed by atoms with Gasteiger partial charge < -0.3 is 5.32 Å². The number of hydrogen-bond donors (Lipinski definition) is 1. The normalized spacial score (nSPS) is 21.4. The van der Waals surface area contributed by atoms with Crippen molar-refractivity contribution in [1.82, 2.24) is 10.2 Å². The SMILES string of the molecule is Cc1ccc(CN(CC2CCCCC2)C2CCNCC2)cc1. The summed E-state index contributed by atoms with van der Waals surface area (Å²) in [5, 5.41) is 3.52. The minimum atomic E-state index is 0.782. The lowest BCUT2D eigenvalue weighted by Crippen LogP contribution is -2.44. The molecule has 1 saturated heterocycles. The molecule has 0 aromatic heterocycles. The van der Waals surface area contributed by atoms with E-state index >= 15 is 0 Å². The largest absolute Gasteiger partial charge is 0.317 e.